The van der Waals surface area contributed by atoms with E-state index in [2.05, 4.69) is 27.6 Å². The van der Waals surface area contributed by atoms with E-state index in [-0.39, 0.29) is 11.8 Å². The third kappa shape index (κ3) is 3.20. The van der Waals surface area contributed by atoms with Gasteiger partial charge in [0.15, 0.2) is 0 Å². The molecule has 1 aromatic heterocycles. The summed E-state index contributed by atoms with van der Waals surface area (Å²) in [5.41, 5.74) is 0.757. The van der Waals surface area contributed by atoms with Gasteiger partial charge in [-0.25, -0.2) is 4.98 Å². The molecule has 18 heavy (non-hydrogen) atoms. The number of aromatic nitrogens is 1. The molecule has 2 N–H and O–H groups in total. The molecule has 1 amide bonds. The number of pyridine rings is 1. The highest BCUT2D eigenvalue weighted by Gasteiger charge is 2.23. The smallest absolute Gasteiger partial charge is 0.228 e. The van der Waals surface area contributed by atoms with Gasteiger partial charge in [-0.3, -0.25) is 4.79 Å². The summed E-state index contributed by atoms with van der Waals surface area (Å²) in [6, 6.07) is 3.71. The summed E-state index contributed by atoms with van der Waals surface area (Å²) in [5.74, 6) is 0.985. The van der Waals surface area contributed by atoms with Crippen LogP contribution in [0.1, 0.15) is 12.8 Å². The first-order valence-corrected chi connectivity index (χ1v) is 6.32. The van der Waals surface area contributed by atoms with E-state index in [1.54, 1.807) is 6.20 Å². The molecule has 2 heterocycles. The molecule has 0 spiro atoms. The third-order valence-electron chi connectivity index (χ3n) is 3.28. The molecule has 5 nitrogen and oxygen atoms in total. The van der Waals surface area contributed by atoms with Gasteiger partial charge in [-0.15, -0.1) is 0 Å². The normalized spacial score (nSPS) is 20.4. The fourth-order valence-electron chi connectivity index (χ4n) is 2.24. The minimum absolute atomic E-state index is 0.0905. The van der Waals surface area contributed by atoms with Crippen molar-refractivity contribution in [2.45, 2.75) is 12.8 Å². The van der Waals surface area contributed by atoms with Crippen molar-refractivity contribution >= 4 is 17.4 Å². The maximum atomic E-state index is 12.1. The number of carbonyl (C=O) groups excluding carboxylic acids is 1. The zero-order valence-electron chi connectivity index (χ0n) is 10.9. The van der Waals surface area contributed by atoms with Gasteiger partial charge in [0.1, 0.15) is 5.82 Å². The van der Waals surface area contributed by atoms with E-state index in [1.165, 1.54) is 0 Å². The highest BCUT2D eigenvalue weighted by Crippen LogP contribution is 2.17. The first-order chi connectivity index (χ1) is 8.69. The van der Waals surface area contributed by atoms with Gasteiger partial charge in [-0.2, -0.15) is 0 Å². The zero-order chi connectivity index (χ0) is 13.0. The summed E-state index contributed by atoms with van der Waals surface area (Å²) in [6.45, 7) is 1.93. The average molecular weight is 248 g/mol. The average Bonchev–Trinajstić information content (AvgIpc) is 2.39. The van der Waals surface area contributed by atoms with Gasteiger partial charge >= 0.3 is 0 Å². The lowest BCUT2D eigenvalue weighted by molar-refractivity contribution is -0.121. The molecule has 1 aromatic rings. The quantitative estimate of drug-likeness (QED) is 0.849. The fraction of sp³-hybridized carbons (Fsp3) is 0.538. The van der Waals surface area contributed by atoms with Crippen molar-refractivity contribution in [3.8, 4) is 0 Å². The van der Waals surface area contributed by atoms with Gasteiger partial charge in [0.2, 0.25) is 5.91 Å². The standard InChI is InChI=1S/C13H20N4O/c1-14-12-6-5-11(8-15-12)16-13(18)10-4-3-7-17(2)9-10/h5-6,8,10H,3-4,7,9H2,1-2H3,(H,14,15)(H,16,18). The first kappa shape index (κ1) is 12.8. The van der Waals surface area contributed by atoms with Crippen LogP contribution in [0.15, 0.2) is 18.3 Å². The monoisotopic (exact) mass is 248 g/mol. The predicted octanol–water partition coefficient (Wildman–Crippen LogP) is 1.40. The van der Waals surface area contributed by atoms with Crippen LogP contribution in [-0.4, -0.2) is 43.0 Å². The summed E-state index contributed by atoms with van der Waals surface area (Å²) in [5, 5.41) is 5.87. The number of anilines is 2. The minimum atomic E-state index is 0.0905. The topological polar surface area (TPSA) is 57.3 Å². The van der Waals surface area contributed by atoms with Crippen molar-refractivity contribution in [3.63, 3.8) is 0 Å². The minimum Gasteiger partial charge on any atom is -0.373 e. The molecule has 2 rings (SSSR count). The zero-order valence-corrected chi connectivity index (χ0v) is 10.9. The SMILES string of the molecule is CNc1ccc(NC(=O)C2CCCN(C)C2)cn1. The number of likely N-dealkylation sites (tertiary alicyclic amines) is 1. The van der Waals surface area contributed by atoms with Gasteiger partial charge in [0.25, 0.3) is 0 Å². The summed E-state index contributed by atoms with van der Waals surface area (Å²) in [6.07, 6.45) is 3.74. The molecular formula is C13H20N4O. The van der Waals surface area contributed by atoms with Gasteiger partial charge in [-0.05, 0) is 38.6 Å². The van der Waals surface area contributed by atoms with E-state index in [4.69, 9.17) is 0 Å². The molecule has 0 bridgehead atoms. The van der Waals surface area contributed by atoms with Crippen LogP contribution in [0.5, 0.6) is 0 Å². The largest absolute Gasteiger partial charge is 0.373 e. The highest BCUT2D eigenvalue weighted by atomic mass is 16.1. The van der Waals surface area contributed by atoms with Crippen LogP contribution in [0.4, 0.5) is 11.5 Å². The van der Waals surface area contributed by atoms with Crippen molar-refractivity contribution in [2.24, 2.45) is 5.92 Å². The highest BCUT2D eigenvalue weighted by molar-refractivity contribution is 5.92. The number of rotatable bonds is 3. The lowest BCUT2D eigenvalue weighted by atomic mass is 9.97. The molecule has 0 aliphatic carbocycles. The number of carbonyl (C=O) groups is 1. The molecule has 0 aromatic carbocycles. The Kier molecular flexibility index (Phi) is 4.15. The molecule has 98 valence electrons. The Labute approximate surface area is 108 Å². The van der Waals surface area contributed by atoms with E-state index in [0.29, 0.717) is 0 Å². The summed E-state index contributed by atoms with van der Waals surface area (Å²) in [7, 11) is 3.88. The summed E-state index contributed by atoms with van der Waals surface area (Å²) in [4.78, 5) is 18.5. The number of nitrogens with zero attached hydrogens (tertiary/aromatic N) is 2. The third-order valence-corrected chi connectivity index (χ3v) is 3.28. The molecule has 1 unspecified atom stereocenters. The van der Waals surface area contributed by atoms with E-state index in [0.717, 1.165) is 37.4 Å². The van der Waals surface area contributed by atoms with E-state index < -0.39 is 0 Å². The molecule has 1 aliphatic heterocycles. The molecule has 1 atom stereocenters. The van der Waals surface area contributed by atoms with Crippen molar-refractivity contribution < 1.29 is 4.79 Å². The molecule has 1 saturated heterocycles. The van der Waals surface area contributed by atoms with E-state index in [1.807, 2.05) is 19.2 Å². The van der Waals surface area contributed by atoms with Crippen molar-refractivity contribution in [1.82, 2.24) is 9.88 Å². The van der Waals surface area contributed by atoms with Crippen molar-refractivity contribution in [1.29, 1.82) is 0 Å². The van der Waals surface area contributed by atoms with Crippen LogP contribution in [0.3, 0.4) is 0 Å². The Bertz CT molecular complexity index is 404. The molecule has 1 fully saturated rings. The number of nitrogens with one attached hydrogen (secondary N) is 2. The maximum absolute atomic E-state index is 12.1. The van der Waals surface area contributed by atoms with Gasteiger partial charge in [-0.1, -0.05) is 0 Å². The Hall–Kier alpha value is -1.62. The van der Waals surface area contributed by atoms with Crippen molar-refractivity contribution in [2.75, 3.05) is 37.8 Å². The van der Waals surface area contributed by atoms with Crippen molar-refractivity contribution in [3.05, 3.63) is 18.3 Å². The van der Waals surface area contributed by atoms with Gasteiger partial charge in [0, 0.05) is 13.6 Å². The predicted molar refractivity (Wildman–Crippen MR) is 72.6 cm³/mol. The Morgan fingerprint density at radius 2 is 2.33 bits per heavy atom. The second-order valence-electron chi connectivity index (χ2n) is 4.77. The molecule has 0 radical (unpaired) electrons. The lowest BCUT2D eigenvalue weighted by Crippen LogP contribution is -2.38. The second kappa shape index (κ2) is 5.82. The Balaban J connectivity index is 1.93. The maximum Gasteiger partial charge on any atom is 0.228 e. The van der Waals surface area contributed by atoms with Gasteiger partial charge in [0.05, 0.1) is 17.8 Å². The number of hydrogen-bond acceptors (Lipinski definition) is 4. The van der Waals surface area contributed by atoms with E-state index >= 15 is 0 Å². The van der Waals surface area contributed by atoms with Crippen LogP contribution >= 0.6 is 0 Å². The molecule has 1 aliphatic rings. The van der Waals surface area contributed by atoms with E-state index in [9.17, 15) is 4.79 Å². The number of hydrogen-bond donors (Lipinski definition) is 2. The summed E-state index contributed by atoms with van der Waals surface area (Å²) >= 11 is 0. The van der Waals surface area contributed by atoms with Crippen LogP contribution in [0.25, 0.3) is 0 Å². The van der Waals surface area contributed by atoms with Crippen LogP contribution in [0.2, 0.25) is 0 Å². The molecule has 5 heteroatoms. The Morgan fingerprint density at radius 3 is 2.94 bits per heavy atom. The van der Waals surface area contributed by atoms with Crippen LogP contribution in [0, 0.1) is 5.92 Å². The van der Waals surface area contributed by atoms with Crippen LogP contribution in [-0.2, 0) is 4.79 Å². The molecular weight excluding hydrogens is 228 g/mol. The Morgan fingerprint density at radius 1 is 1.50 bits per heavy atom. The lowest BCUT2D eigenvalue weighted by Gasteiger charge is -2.28. The number of piperidine rings is 1. The first-order valence-electron chi connectivity index (χ1n) is 6.32. The second-order valence-corrected chi connectivity index (χ2v) is 4.77. The number of amides is 1. The summed E-state index contributed by atoms with van der Waals surface area (Å²) < 4.78 is 0. The van der Waals surface area contributed by atoms with Gasteiger partial charge < -0.3 is 15.5 Å². The van der Waals surface area contributed by atoms with Crippen LogP contribution < -0.4 is 10.6 Å². The molecule has 0 saturated carbocycles. The fourth-order valence-corrected chi connectivity index (χ4v) is 2.24.